The Hall–Kier alpha value is -4.19. The van der Waals surface area contributed by atoms with Crippen molar-refractivity contribution in [3.63, 3.8) is 0 Å². The molecule has 0 saturated heterocycles. The Kier molecular flexibility index (Phi) is 57.9. The van der Waals surface area contributed by atoms with Gasteiger partial charge in [-0.05, 0) is 128 Å². The Bertz CT molecular complexity index is 1550. The molecular formula is C68H112O6. The van der Waals surface area contributed by atoms with Gasteiger partial charge < -0.3 is 14.2 Å². The van der Waals surface area contributed by atoms with Crippen LogP contribution in [0.25, 0.3) is 0 Å². The van der Waals surface area contributed by atoms with Crippen LogP contribution in [0.15, 0.2) is 122 Å². The van der Waals surface area contributed by atoms with Gasteiger partial charge in [0, 0.05) is 19.3 Å². The standard InChI is InChI=1S/C68H112O6/c1-4-7-10-13-16-19-22-24-26-27-28-29-30-31-32-33-34-35-36-37-38-39-40-41-43-44-46-49-52-55-58-61-67(70)73-64-65(63-72-66(69)60-57-54-51-48-21-18-15-12-9-6-3)74-68(71)62-59-56-53-50-47-45-42-25-23-20-17-14-11-8-5-2/h7,10,12,15-17,19-20,24-26,28-29,31-32,34-35,37-38,42,65H,4-6,8-9,11,13-14,18,21-23,27,30,33,36,39-41,43-64H2,1-3H3/b10-7-,15-12-,19-16-,20-17-,26-24-,29-28-,32-31-,35-34-,38-37-,42-25-. The van der Waals surface area contributed by atoms with Crippen molar-refractivity contribution in [1.29, 1.82) is 0 Å². The molecule has 0 amide bonds. The van der Waals surface area contributed by atoms with Crippen LogP contribution < -0.4 is 0 Å². The third-order valence-corrected chi connectivity index (χ3v) is 12.7. The van der Waals surface area contributed by atoms with Gasteiger partial charge in [-0.3, -0.25) is 14.4 Å². The lowest BCUT2D eigenvalue weighted by Gasteiger charge is -2.18. The molecule has 74 heavy (non-hydrogen) atoms. The third-order valence-electron chi connectivity index (χ3n) is 12.7. The number of carbonyl (C=O) groups excluding carboxylic acids is 3. The highest BCUT2D eigenvalue weighted by molar-refractivity contribution is 5.71. The predicted octanol–water partition coefficient (Wildman–Crippen LogP) is 20.8. The lowest BCUT2D eigenvalue weighted by Crippen LogP contribution is -2.30. The molecule has 0 aliphatic heterocycles. The molecule has 0 aromatic heterocycles. The highest BCUT2D eigenvalue weighted by Crippen LogP contribution is 2.15. The minimum absolute atomic E-state index is 0.0913. The van der Waals surface area contributed by atoms with E-state index in [0.717, 1.165) is 154 Å². The molecule has 0 heterocycles. The van der Waals surface area contributed by atoms with E-state index in [1.807, 2.05) is 0 Å². The Morgan fingerprint density at radius 1 is 0.284 bits per heavy atom. The topological polar surface area (TPSA) is 78.9 Å². The number of hydrogen-bond donors (Lipinski definition) is 0. The van der Waals surface area contributed by atoms with Gasteiger partial charge in [-0.2, -0.15) is 0 Å². The Morgan fingerprint density at radius 3 is 0.892 bits per heavy atom. The molecule has 0 aromatic rings. The molecule has 0 rings (SSSR count). The van der Waals surface area contributed by atoms with E-state index >= 15 is 0 Å². The maximum absolute atomic E-state index is 12.8. The summed E-state index contributed by atoms with van der Waals surface area (Å²) < 4.78 is 16.8. The minimum Gasteiger partial charge on any atom is -0.462 e. The number of esters is 3. The van der Waals surface area contributed by atoms with Gasteiger partial charge in [0.15, 0.2) is 6.10 Å². The van der Waals surface area contributed by atoms with E-state index in [1.54, 1.807) is 0 Å². The van der Waals surface area contributed by atoms with Crippen molar-refractivity contribution in [3.05, 3.63) is 122 Å². The molecule has 1 atom stereocenters. The maximum atomic E-state index is 12.8. The van der Waals surface area contributed by atoms with Crippen LogP contribution in [0.3, 0.4) is 0 Å². The zero-order valence-electron chi connectivity index (χ0n) is 48.1. The fraction of sp³-hybridized carbons (Fsp3) is 0.662. The van der Waals surface area contributed by atoms with E-state index in [-0.39, 0.29) is 31.1 Å². The monoisotopic (exact) mass is 1020 g/mol. The van der Waals surface area contributed by atoms with Crippen molar-refractivity contribution in [2.75, 3.05) is 13.2 Å². The summed E-state index contributed by atoms with van der Waals surface area (Å²) in [7, 11) is 0. The molecule has 0 saturated carbocycles. The molecule has 6 heteroatoms. The number of allylic oxidation sites excluding steroid dienone is 20. The number of hydrogen-bond acceptors (Lipinski definition) is 6. The van der Waals surface area contributed by atoms with Gasteiger partial charge in [-0.25, -0.2) is 0 Å². The van der Waals surface area contributed by atoms with Gasteiger partial charge in [0.05, 0.1) is 0 Å². The van der Waals surface area contributed by atoms with Crippen molar-refractivity contribution in [3.8, 4) is 0 Å². The first-order valence-corrected chi connectivity index (χ1v) is 30.5. The number of carbonyl (C=O) groups is 3. The van der Waals surface area contributed by atoms with Crippen LogP contribution in [0.1, 0.15) is 271 Å². The molecule has 0 fully saturated rings. The molecule has 0 N–H and O–H groups in total. The lowest BCUT2D eigenvalue weighted by molar-refractivity contribution is -0.167. The SMILES string of the molecule is CC/C=C\C/C=C\C/C=C\C/C=C\C/C=C\C/C=C\C/C=C\CCCCCCCCCCCC(=O)OCC(COC(=O)CCCCCCC/C=C\CCC)OC(=O)CCCCCCC/C=C\C/C=C\CCCCC. The second-order valence-electron chi connectivity index (χ2n) is 19.9. The van der Waals surface area contributed by atoms with E-state index in [4.69, 9.17) is 14.2 Å². The van der Waals surface area contributed by atoms with Crippen LogP contribution >= 0.6 is 0 Å². The van der Waals surface area contributed by atoms with Gasteiger partial charge in [0.1, 0.15) is 13.2 Å². The maximum Gasteiger partial charge on any atom is 0.306 e. The molecule has 6 nitrogen and oxygen atoms in total. The summed E-state index contributed by atoms with van der Waals surface area (Å²) in [4.78, 5) is 38.1. The largest absolute Gasteiger partial charge is 0.462 e. The zero-order chi connectivity index (χ0) is 53.6. The third kappa shape index (κ3) is 58.7. The fourth-order valence-electron chi connectivity index (χ4n) is 8.10. The van der Waals surface area contributed by atoms with Crippen LogP contribution in [-0.4, -0.2) is 37.2 Å². The lowest BCUT2D eigenvalue weighted by atomic mass is 10.1. The van der Waals surface area contributed by atoms with Gasteiger partial charge >= 0.3 is 17.9 Å². The Balaban J connectivity index is 4.24. The molecule has 0 bridgehead atoms. The van der Waals surface area contributed by atoms with E-state index < -0.39 is 6.10 Å². The molecule has 1 unspecified atom stereocenters. The molecule has 0 aliphatic rings. The van der Waals surface area contributed by atoms with Crippen LogP contribution in [0.2, 0.25) is 0 Å². The normalized spacial score (nSPS) is 13.0. The van der Waals surface area contributed by atoms with Gasteiger partial charge in [-0.15, -0.1) is 0 Å². The second kappa shape index (κ2) is 61.4. The summed E-state index contributed by atoms with van der Waals surface area (Å²) in [5.74, 6) is -0.922. The van der Waals surface area contributed by atoms with Gasteiger partial charge in [0.25, 0.3) is 0 Å². The second-order valence-corrected chi connectivity index (χ2v) is 19.9. The number of unbranched alkanes of at least 4 members (excludes halogenated alkanes) is 23. The number of rotatable bonds is 54. The average Bonchev–Trinajstić information content (AvgIpc) is 3.40. The summed E-state index contributed by atoms with van der Waals surface area (Å²) >= 11 is 0. The van der Waals surface area contributed by atoms with Crippen molar-refractivity contribution >= 4 is 17.9 Å². The molecule has 420 valence electrons. The van der Waals surface area contributed by atoms with Gasteiger partial charge in [-0.1, -0.05) is 245 Å². The van der Waals surface area contributed by atoms with Crippen molar-refractivity contribution in [1.82, 2.24) is 0 Å². The Labute approximate surface area is 456 Å². The summed E-state index contributed by atoms with van der Waals surface area (Å²) in [6.07, 6.45) is 84.9. The van der Waals surface area contributed by atoms with Crippen molar-refractivity contribution < 1.29 is 28.6 Å². The summed E-state index contributed by atoms with van der Waals surface area (Å²) in [5, 5.41) is 0. The Morgan fingerprint density at radius 2 is 0.554 bits per heavy atom. The molecule has 0 aliphatic carbocycles. The van der Waals surface area contributed by atoms with Crippen LogP contribution in [0, 0.1) is 0 Å². The van der Waals surface area contributed by atoms with Crippen LogP contribution in [0.4, 0.5) is 0 Å². The van der Waals surface area contributed by atoms with E-state index in [1.165, 1.54) is 77.0 Å². The van der Waals surface area contributed by atoms with Crippen molar-refractivity contribution in [2.24, 2.45) is 0 Å². The zero-order valence-corrected chi connectivity index (χ0v) is 48.1. The quantitative estimate of drug-likeness (QED) is 0.0261. The summed E-state index contributed by atoms with van der Waals surface area (Å²) in [6.45, 7) is 6.41. The first-order valence-electron chi connectivity index (χ1n) is 30.5. The molecule has 0 radical (unpaired) electrons. The first-order chi connectivity index (χ1) is 36.5. The summed E-state index contributed by atoms with van der Waals surface area (Å²) in [5.41, 5.74) is 0. The number of ether oxygens (including phenoxy) is 3. The van der Waals surface area contributed by atoms with Crippen LogP contribution in [0.5, 0.6) is 0 Å². The average molecular weight is 1030 g/mol. The predicted molar refractivity (Wildman–Crippen MR) is 320 cm³/mol. The highest BCUT2D eigenvalue weighted by atomic mass is 16.6. The van der Waals surface area contributed by atoms with Crippen molar-refractivity contribution in [2.45, 2.75) is 277 Å². The first kappa shape index (κ1) is 69.8. The van der Waals surface area contributed by atoms with E-state index in [0.29, 0.717) is 19.3 Å². The summed E-state index contributed by atoms with van der Waals surface area (Å²) in [6, 6.07) is 0. The minimum atomic E-state index is -0.793. The van der Waals surface area contributed by atoms with Crippen LogP contribution in [-0.2, 0) is 28.6 Å². The smallest absolute Gasteiger partial charge is 0.306 e. The van der Waals surface area contributed by atoms with Gasteiger partial charge in [0.2, 0.25) is 0 Å². The molecule has 0 aromatic carbocycles. The van der Waals surface area contributed by atoms with E-state index in [9.17, 15) is 14.4 Å². The highest BCUT2D eigenvalue weighted by Gasteiger charge is 2.19. The molecular weight excluding hydrogens is 913 g/mol. The van der Waals surface area contributed by atoms with E-state index in [2.05, 4.69) is 142 Å². The molecule has 0 spiro atoms. The fourth-order valence-corrected chi connectivity index (χ4v) is 8.10.